The van der Waals surface area contributed by atoms with E-state index in [1.165, 1.54) is 0 Å². The zero-order valence-corrected chi connectivity index (χ0v) is 12.2. The summed E-state index contributed by atoms with van der Waals surface area (Å²) in [4.78, 5) is 10.3. The first-order chi connectivity index (χ1) is 9.22. The highest BCUT2D eigenvalue weighted by Crippen LogP contribution is 2.30. The van der Waals surface area contributed by atoms with Gasteiger partial charge in [-0.2, -0.15) is 0 Å². The van der Waals surface area contributed by atoms with E-state index in [2.05, 4.69) is 0 Å². The largest absolute Gasteiger partial charge is 0.478 e. The van der Waals surface area contributed by atoms with Crippen molar-refractivity contribution >= 4 is 5.97 Å². The lowest BCUT2D eigenvalue weighted by atomic mass is 9.92. The molecule has 0 aromatic heterocycles. The number of aliphatic hydroxyl groups excluding tert-OH is 2. The monoisotopic (exact) mass is 288 g/mol. The number of carbonyl (C=O) groups is 1. The summed E-state index contributed by atoms with van der Waals surface area (Å²) in [6, 6.07) is 0. The number of carboxylic acids is 1. The zero-order chi connectivity index (χ0) is 15.3. The van der Waals surface area contributed by atoms with Gasteiger partial charge in [0.1, 0.15) is 6.10 Å². The van der Waals surface area contributed by atoms with Crippen LogP contribution < -0.4 is 0 Å². The van der Waals surface area contributed by atoms with Crippen LogP contribution in [0.2, 0.25) is 0 Å². The molecule has 0 aliphatic carbocycles. The van der Waals surface area contributed by atoms with Crippen molar-refractivity contribution < 1.29 is 29.6 Å². The summed E-state index contributed by atoms with van der Waals surface area (Å²) in [6.07, 6.45) is 1.52. The molecule has 1 fully saturated rings. The van der Waals surface area contributed by atoms with Crippen molar-refractivity contribution in [3.8, 4) is 0 Å². The Morgan fingerprint density at radius 1 is 1.50 bits per heavy atom. The summed E-state index contributed by atoms with van der Waals surface area (Å²) in [6.45, 7) is 5.34. The fourth-order valence-corrected chi connectivity index (χ4v) is 2.01. The van der Waals surface area contributed by atoms with Crippen LogP contribution in [0.15, 0.2) is 12.2 Å². The highest BCUT2D eigenvalue weighted by molar-refractivity contribution is 5.79. The lowest BCUT2D eigenvalue weighted by Crippen LogP contribution is -2.54. The molecular formula is C14H24O6. The van der Waals surface area contributed by atoms with E-state index in [1.807, 2.05) is 6.92 Å². The molecule has 3 N–H and O–H groups in total. The zero-order valence-electron chi connectivity index (χ0n) is 12.2. The van der Waals surface area contributed by atoms with Crippen molar-refractivity contribution in [2.75, 3.05) is 0 Å². The second-order valence-electron chi connectivity index (χ2n) is 5.67. The molecule has 6 nitrogen and oxygen atoms in total. The van der Waals surface area contributed by atoms with Crippen molar-refractivity contribution in [2.45, 2.75) is 70.2 Å². The topological polar surface area (TPSA) is 96.2 Å². The average Bonchev–Trinajstić information content (AvgIpc) is 2.31. The van der Waals surface area contributed by atoms with Crippen LogP contribution in [0.4, 0.5) is 0 Å². The smallest absolute Gasteiger partial charge is 0.327 e. The normalized spacial score (nSPS) is 31.4. The van der Waals surface area contributed by atoms with E-state index in [-0.39, 0.29) is 12.5 Å². The molecule has 0 aromatic carbocycles. The first-order valence-electron chi connectivity index (χ1n) is 6.81. The van der Waals surface area contributed by atoms with Gasteiger partial charge in [-0.15, -0.1) is 0 Å². The highest BCUT2D eigenvalue weighted by atomic mass is 16.7. The van der Waals surface area contributed by atoms with Gasteiger partial charge in [0.2, 0.25) is 0 Å². The number of allylic oxidation sites excluding steroid dienone is 1. The standard InChI is InChI=1S/C14H24O6/c1-9(6-4-5-7-12(17)18)19-13-10(15)8-11(16)14(2,3)20-13/h5,7,9-11,13,15-16H,4,6,8H2,1-3H3,(H,17,18). The molecule has 1 saturated heterocycles. The van der Waals surface area contributed by atoms with Gasteiger partial charge in [0, 0.05) is 12.5 Å². The van der Waals surface area contributed by atoms with Gasteiger partial charge in [0.05, 0.1) is 17.8 Å². The summed E-state index contributed by atoms with van der Waals surface area (Å²) in [7, 11) is 0. The van der Waals surface area contributed by atoms with Gasteiger partial charge in [0.15, 0.2) is 6.29 Å². The van der Waals surface area contributed by atoms with Crippen molar-refractivity contribution in [1.82, 2.24) is 0 Å². The molecule has 1 aliphatic rings. The Labute approximate surface area is 119 Å². The van der Waals surface area contributed by atoms with Crippen LogP contribution >= 0.6 is 0 Å². The summed E-state index contributed by atoms with van der Waals surface area (Å²) >= 11 is 0. The molecule has 1 rings (SSSR count). The van der Waals surface area contributed by atoms with Gasteiger partial charge in [0.25, 0.3) is 0 Å². The number of rotatable bonds is 6. The van der Waals surface area contributed by atoms with E-state index >= 15 is 0 Å². The second-order valence-corrected chi connectivity index (χ2v) is 5.67. The van der Waals surface area contributed by atoms with Gasteiger partial charge >= 0.3 is 5.97 Å². The van der Waals surface area contributed by atoms with Crippen LogP contribution in [0.25, 0.3) is 0 Å². The molecule has 0 saturated carbocycles. The molecule has 0 spiro atoms. The molecule has 20 heavy (non-hydrogen) atoms. The quantitative estimate of drug-likeness (QED) is 0.632. The maximum atomic E-state index is 10.3. The van der Waals surface area contributed by atoms with Crippen LogP contribution in [0.5, 0.6) is 0 Å². The Hall–Kier alpha value is -0.950. The van der Waals surface area contributed by atoms with Crippen molar-refractivity contribution in [3.05, 3.63) is 12.2 Å². The maximum Gasteiger partial charge on any atom is 0.327 e. The number of carboxylic acid groups (broad SMARTS) is 1. The minimum absolute atomic E-state index is 0.181. The van der Waals surface area contributed by atoms with E-state index in [0.29, 0.717) is 12.8 Å². The lowest BCUT2D eigenvalue weighted by molar-refractivity contribution is -0.304. The molecule has 6 heteroatoms. The minimum Gasteiger partial charge on any atom is -0.478 e. The van der Waals surface area contributed by atoms with Crippen molar-refractivity contribution in [2.24, 2.45) is 0 Å². The second kappa shape index (κ2) is 7.17. The number of aliphatic hydroxyl groups is 2. The van der Waals surface area contributed by atoms with Crippen LogP contribution in [0.1, 0.15) is 40.0 Å². The SMILES string of the molecule is CC(CCC=CC(=O)O)OC1OC(C)(C)C(O)CC1O. The number of hydrogen-bond acceptors (Lipinski definition) is 5. The molecule has 116 valence electrons. The Bertz CT molecular complexity index is 352. The molecule has 0 radical (unpaired) electrons. The van der Waals surface area contributed by atoms with E-state index in [4.69, 9.17) is 14.6 Å². The van der Waals surface area contributed by atoms with E-state index in [9.17, 15) is 15.0 Å². The van der Waals surface area contributed by atoms with Crippen LogP contribution in [-0.4, -0.2) is 51.5 Å². The molecule has 0 aromatic rings. The fraction of sp³-hybridized carbons (Fsp3) is 0.786. The van der Waals surface area contributed by atoms with Crippen molar-refractivity contribution in [3.63, 3.8) is 0 Å². The Kier molecular flexibility index (Phi) is 6.13. The third-order valence-electron chi connectivity index (χ3n) is 3.37. The Morgan fingerprint density at radius 3 is 2.75 bits per heavy atom. The van der Waals surface area contributed by atoms with E-state index < -0.39 is 30.1 Å². The Morgan fingerprint density at radius 2 is 2.15 bits per heavy atom. The summed E-state index contributed by atoms with van der Waals surface area (Å²) in [5, 5.41) is 28.1. The van der Waals surface area contributed by atoms with Crippen molar-refractivity contribution in [1.29, 1.82) is 0 Å². The predicted molar refractivity (Wildman–Crippen MR) is 72.1 cm³/mol. The molecule has 1 aliphatic heterocycles. The molecule has 1 heterocycles. The van der Waals surface area contributed by atoms with E-state index in [1.54, 1.807) is 19.9 Å². The van der Waals surface area contributed by atoms with Gasteiger partial charge < -0.3 is 24.8 Å². The molecule has 0 bridgehead atoms. The average molecular weight is 288 g/mol. The predicted octanol–water partition coefficient (Wildman–Crippen LogP) is 1.06. The van der Waals surface area contributed by atoms with Gasteiger partial charge in [-0.25, -0.2) is 4.79 Å². The van der Waals surface area contributed by atoms with E-state index in [0.717, 1.165) is 6.08 Å². The summed E-state index contributed by atoms with van der Waals surface area (Å²) in [5.41, 5.74) is -0.757. The number of aliphatic carboxylic acids is 1. The summed E-state index contributed by atoms with van der Waals surface area (Å²) in [5.74, 6) is -0.972. The third-order valence-corrected chi connectivity index (χ3v) is 3.37. The van der Waals surface area contributed by atoms with Gasteiger partial charge in [-0.3, -0.25) is 0 Å². The molecule has 0 amide bonds. The summed E-state index contributed by atoms with van der Waals surface area (Å²) < 4.78 is 11.2. The van der Waals surface area contributed by atoms with Gasteiger partial charge in [-0.1, -0.05) is 6.08 Å². The Balaban J connectivity index is 2.41. The molecule has 4 atom stereocenters. The van der Waals surface area contributed by atoms with Crippen LogP contribution in [0.3, 0.4) is 0 Å². The highest BCUT2D eigenvalue weighted by Gasteiger charge is 2.42. The number of hydrogen-bond donors (Lipinski definition) is 3. The minimum atomic E-state index is -0.972. The lowest BCUT2D eigenvalue weighted by Gasteiger charge is -2.43. The van der Waals surface area contributed by atoms with Gasteiger partial charge in [-0.05, 0) is 33.6 Å². The fourth-order valence-electron chi connectivity index (χ4n) is 2.01. The maximum absolute atomic E-state index is 10.3. The first kappa shape index (κ1) is 17.1. The third kappa shape index (κ3) is 5.20. The molecule has 4 unspecified atom stereocenters. The molecular weight excluding hydrogens is 264 g/mol. The number of ether oxygens (including phenoxy) is 2. The first-order valence-corrected chi connectivity index (χ1v) is 6.81. The van der Waals surface area contributed by atoms with Crippen LogP contribution in [0, 0.1) is 0 Å². The van der Waals surface area contributed by atoms with Crippen LogP contribution in [-0.2, 0) is 14.3 Å².